The average Bonchev–Trinajstić information content (AvgIpc) is 2.62. The fourth-order valence-corrected chi connectivity index (χ4v) is 3.90. The zero-order valence-corrected chi connectivity index (χ0v) is 15.4. The number of anilines is 1. The summed E-state index contributed by atoms with van der Waals surface area (Å²) >= 11 is 12.4. The Morgan fingerprint density at radius 1 is 0.960 bits per heavy atom. The Kier molecular flexibility index (Phi) is 5.04. The van der Waals surface area contributed by atoms with Crippen LogP contribution >= 0.6 is 23.2 Å². The smallest absolute Gasteiger partial charge is 0.189 e. The van der Waals surface area contributed by atoms with Gasteiger partial charge in [0.25, 0.3) is 0 Å². The van der Waals surface area contributed by atoms with E-state index in [1.54, 1.807) is 0 Å². The molecule has 2 heterocycles. The molecule has 132 valence electrons. The van der Waals surface area contributed by atoms with Gasteiger partial charge in [-0.3, -0.25) is 4.90 Å². The van der Waals surface area contributed by atoms with Crippen molar-refractivity contribution in [3.8, 4) is 5.75 Å². The maximum absolute atomic E-state index is 6.27. The Hall–Kier alpha value is -1.46. The van der Waals surface area contributed by atoms with Gasteiger partial charge in [-0.15, -0.1) is 0 Å². The van der Waals surface area contributed by atoms with Crippen molar-refractivity contribution in [2.24, 2.45) is 0 Å². The molecule has 0 bridgehead atoms. The summed E-state index contributed by atoms with van der Waals surface area (Å²) in [5, 5.41) is 1.52. The van der Waals surface area contributed by atoms with Gasteiger partial charge in [0, 0.05) is 59.6 Å². The van der Waals surface area contributed by atoms with Gasteiger partial charge in [0.2, 0.25) is 0 Å². The molecule has 1 saturated heterocycles. The van der Waals surface area contributed by atoms with Crippen LogP contribution in [-0.4, -0.2) is 37.9 Å². The molecule has 1 fully saturated rings. The van der Waals surface area contributed by atoms with Crippen molar-refractivity contribution in [2.75, 3.05) is 37.9 Å². The molecule has 0 atom stereocenters. The lowest BCUT2D eigenvalue weighted by atomic mass is 10.1. The molecule has 0 spiro atoms. The first kappa shape index (κ1) is 17.0. The van der Waals surface area contributed by atoms with Crippen LogP contribution in [-0.2, 0) is 17.9 Å². The number of ether oxygens (including phenoxy) is 2. The predicted molar refractivity (Wildman–Crippen MR) is 101 cm³/mol. The molecule has 0 saturated carbocycles. The van der Waals surface area contributed by atoms with Gasteiger partial charge in [-0.25, -0.2) is 0 Å². The largest absolute Gasteiger partial charge is 0.467 e. The Labute approximate surface area is 157 Å². The van der Waals surface area contributed by atoms with Gasteiger partial charge < -0.3 is 14.4 Å². The lowest BCUT2D eigenvalue weighted by molar-refractivity contribution is -0.0174. The predicted octanol–water partition coefficient (Wildman–Crippen LogP) is 4.18. The van der Waals surface area contributed by atoms with Crippen molar-refractivity contribution in [2.45, 2.75) is 13.2 Å². The van der Waals surface area contributed by atoms with Crippen LogP contribution in [0.15, 0.2) is 36.4 Å². The highest BCUT2D eigenvalue weighted by molar-refractivity contribution is 6.31. The van der Waals surface area contributed by atoms with Crippen LogP contribution in [0.1, 0.15) is 11.1 Å². The number of piperazine rings is 1. The summed E-state index contributed by atoms with van der Waals surface area (Å²) in [4.78, 5) is 4.81. The first-order valence-corrected chi connectivity index (χ1v) is 9.19. The van der Waals surface area contributed by atoms with E-state index in [4.69, 9.17) is 32.7 Å². The molecule has 0 unspecified atom stereocenters. The quantitative estimate of drug-likeness (QED) is 0.799. The highest BCUT2D eigenvalue weighted by Crippen LogP contribution is 2.32. The second-order valence-corrected chi connectivity index (χ2v) is 7.28. The molecule has 4 rings (SSSR count). The van der Waals surface area contributed by atoms with Crippen LogP contribution in [0.2, 0.25) is 10.0 Å². The van der Waals surface area contributed by atoms with Crippen molar-refractivity contribution in [1.82, 2.24) is 4.90 Å². The number of halogens is 2. The van der Waals surface area contributed by atoms with E-state index in [2.05, 4.69) is 15.9 Å². The topological polar surface area (TPSA) is 24.9 Å². The molecule has 0 N–H and O–H groups in total. The highest BCUT2D eigenvalue weighted by Gasteiger charge is 2.21. The monoisotopic (exact) mass is 378 g/mol. The summed E-state index contributed by atoms with van der Waals surface area (Å²) in [6, 6.07) is 12.0. The number of fused-ring (bicyclic) bond motifs is 1. The Morgan fingerprint density at radius 3 is 2.60 bits per heavy atom. The van der Waals surface area contributed by atoms with Crippen molar-refractivity contribution in [3.05, 3.63) is 57.6 Å². The average molecular weight is 379 g/mol. The molecule has 2 aliphatic rings. The second kappa shape index (κ2) is 7.42. The third kappa shape index (κ3) is 3.87. The molecule has 6 heteroatoms. The fraction of sp³-hybridized carbons (Fsp3) is 0.368. The third-order valence-electron chi connectivity index (χ3n) is 4.69. The van der Waals surface area contributed by atoms with Gasteiger partial charge in [0.1, 0.15) is 5.75 Å². The molecule has 25 heavy (non-hydrogen) atoms. The number of hydrogen-bond donors (Lipinski definition) is 0. The van der Waals surface area contributed by atoms with Crippen molar-refractivity contribution in [1.29, 1.82) is 0 Å². The Balaban J connectivity index is 1.43. The van der Waals surface area contributed by atoms with Gasteiger partial charge in [0.15, 0.2) is 6.79 Å². The van der Waals surface area contributed by atoms with E-state index in [1.807, 2.05) is 30.3 Å². The molecule has 0 aliphatic carbocycles. The van der Waals surface area contributed by atoms with E-state index in [9.17, 15) is 0 Å². The first-order valence-electron chi connectivity index (χ1n) is 8.44. The lowest BCUT2D eigenvalue weighted by Gasteiger charge is -2.36. The molecule has 0 aromatic heterocycles. The standard InChI is InChI=1S/C19H20Cl2N2O2/c20-16-2-1-3-18(10-16)23-6-4-22(5-7-23)11-14-8-17(21)9-15-12-24-13-25-19(14)15/h1-3,8-10H,4-7,11-13H2. The number of hydrogen-bond acceptors (Lipinski definition) is 4. The van der Waals surface area contributed by atoms with E-state index in [-0.39, 0.29) is 0 Å². The molecule has 0 amide bonds. The minimum Gasteiger partial charge on any atom is -0.467 e. The maximum Gasteiger partial charge on any atom is 0.189 e. The van der Waals surface area contributed by atoms with E-state index in [0.29, 0.717) is 13.4 Å². The van der Waals surface area contributed by atoms with Crippen LogP contribution in [0.3, 0.4) is 0 Å². The summed E-state index contributed by atoms with van der Waals surface area (Å²) in [7, 11) is 0. The van der Waals surface area contributed by atoms with E-state index < -0.39 is 0 Å². The van der Waals surface area contributed by atoms with E-state index in [0.717, 1.165) is 59.6 Å². The summed E-state index contributed by atoms with van der Waals surface area (Å²) in [6.45, 7) is 5.65. The molecule has 2 aromatic rings. The summed E-state index contributed by atoms with van der Waals surface area (Å²) in [5.74, 6) is 0.938. The summed E-state index contributed by atoms with van der Waals surface area (Å²) in [5.41, 5.74) is 3.36. The molecular weight excluding hydrogens is 359 g/mol. The van der Waals surface area contributed by atoms with Gasteiger partial charge >= 0.3 is 0 Å². The minimum atomic E-state index is 0.310. The van der Waals surface area contributed by atoms with Crippen LogP contribution < -0.4 is 9.64 Å². The van der Waals surface area contributed by atoms with Crippen LogP contribution in [0.5, 0.6) is 5.75 Å². The molecule has 2 aliphatic heterocycles. The zero-order valence-electron chi connectivity index (χ0n) is 13.9. The van der Waals surface area contributed by atoms with Crippen molar-refractivity contribution < 1.29 is 9.47 Å². The van der Waals surface area contributed by atoms with Gasteiger partial charge in [-0.1, -0.05) is 29.3 Å². The third-order valence-corrected chi connectivity index (χ3v) is 5.14. The lowest BCUT2D eigenvalue weighted by Crippen LogP contribution is -2.46. The summed E-state index contributed by atoms with van der Waals surface area (Å²) < 4.78 is 11.1. The minimum absolute atomic E-state index is 0.310. The Morgan fingerprint density at radius 2 is 1.80 bits per heavy atom. The van der Waals surface area contributed by atoms with Crippen molar-refractivity contribution in [3.63, 3.8) is 0 Å². The molecule has 2 aromatic carbocycles. The second-order valence-electron chi connectivity index (χ2n) is 6.41. The molecule has 4 nitrogen and oxygen atoms in total. The number of benzene rings is 2. The Bertz CT molecular complexity index is 761. The first-order chi connectivity index (χ1) is 12.2. The fourth-order valence-electron chi connectivity index (χ4n) is 3.45. The van der Waals surface area contributed by atoms with Crippen LogP contribution in [0.25, 0.3) is 0 Å². The number of rotatable bonds is 3. The molecule has 0 radical (unpaired) electrons. The van der Waals surface area contributed by atoms with Gasteiger partial charge in [-0.05, 0) is 30.3 Å². The SMILES string of the molecule is Clc1cccc(N2CCN(Cc3cc(Cl)cc4c3OCOC4)CC2)c1. The van der Waals surface area contributed by atoms with Gasteiger partial charge in [0.05, 0.1) is 6.61 Å². The van der Waals surface area contributed by atoms with Crippen LogP contribution in [0, 0.1) is 0 Å². The van der Waals surface area contributed by atoms with E-state index in [1.165, 1.54) is 5.69 Å². The zero-order chi connectivity index (χ0) is 17.2. The highest BCUT2D eigenvalue weighted by atomic mass is 35.5. The normalized spacial score (nSPS) is 17.9. The van der Waals surface area contributed by atoms with Gasteiger partial charge in [-0.2, -0.15) is 0 Å². The number of nitrogens with zero attached hydrogens (tertiary/aromatic N) is 2. The molecular formula is C19H20Cl2N2O2. The maximum atomic E-state index is 6.27. The van der Waals surface area contributed by atoms with Crippen molar-refractivity contribution >= 4 is 28.9 Å². The van der Waals surface area contributed by atoms with Crippen LogP contribution in [0.4, 0.5) is 5.69 Å². The van der Waals surface area contributed by atoms with E-state index >= 15 is 0 Å². The summed E-state index contributed by atoms with van der Waals surface area (Å²) in [6.07, 6.45) is 0.